The Bertz CT molecular complexity index is 491. The molecule has 2 atom stereocenters. The molecule has 0 aromatic heterocycles. The Balaban J connectivity index is 0.00000200. The molecule has 1 aliphatic rings. The predicted molar refractivity (Wildman–Crippen MR) is 82.3 cm³/mol. The second kappa shape index (κ2) is 7.41. The maximum absolute atomic E-state index is 12.1. The Morgan fingerprint density at radius 2 is 2.05 bits per heavy atom. The molecular weight excluding hydrogens is 276 g/mol. The van der Waals surface area contributed by atoms with Crippen LogP contribution in [-0.4, -0.2) is 17.7 Å². The normalized spacial score (nSPS) is 21.7. The van der Waals surface area contributed by atoms with Gasteiger partial charge in [-0.3, -0.25) is 9.59 Å². The predicted octanol–water partition coefficient (Wildman–Crippen LogP) is 2.77. The summed E-state index contributed by atoms with van der Waals surface area (Å²) in [6.45, 7) is 1.51. The molecule has 1 fully saturated rings. The number of hydrogen-bond acceptors (Lipinski definition) is 3. The van der Waals surface area contributed by atoms with Crippen molar-refractivity contribution in [3.63, 3.8) is 0 Å². The maximum atomic E-state index is 12.1. The Kier molecular flexibility index (Phi) is 6.17. The van der Waals surface area contributed by atoms with Crippen molar-refractivity contribution in [3.05, 3.63) is 29.8 Å². The zero-order valence-electron chi connectivity index (χ0n) is 11.6. The Morgan fingerprint density at radius 3 is 2.70 bits per heavy atom. The van der Waals surface area contributed by atoms with Crippen LogP contribution in [0, 0.1) is 5.92 Å². The van der Waals surface area contributed by atoms with Gasteiger partial charge < -0.3 is 11.1 Å². The first-order valence-corrected chi connectivity index (χ1v) is 6.73. The SMILES string of the molecule is CC(=O)c1cccc(NC(=O)C2CCCC(N)C2)c1.Cl. The van der Waals surface area contributed by atoms with Crippen LogP contribution in [0.25, 0.3) is 0 Å². The van der Waals surface area contributed by atoms with Crippen LogP contribution in [0.1, 0.15) is 43.0 Å². The Hall–Kier alpha value is -1.39. The van der Waals surface area contributed by atoms with Crippen molar-refractivity contribution in [2.75, 3.05) is 5.32 Å². The van der Waals surface area contributed by atoms with Crippen LogP contribution in [0.4, 0.5) is 5.69 Å². The van der Waals surface area contributed by atoms with Gasteiger partial charge in [-0.2, -0.15) is 0 Å². The fourth-order valence-corrected chi connectivity index (χ4v) is 2.53. The number of ketones is 1. The van der Waals surface area contributed by atoms with E-state index in [-0.39, 0.29) is 36.1 Å². The van der Waals surface area contributed by atoms with E-state index in [0.29, 0.717) is 11.3 Å². The summed E-state index contributed by atoms with van der Waals surface area (Å²) < 4.78 is 0. The lowest BCUT2D eigenvalue weighted by molar-refractivity contribution is -0.120. The molecule has 0 heterocycles. The van der Waals surface area contributed by atoms with Crippen LogP contribution in [0.5, 0.6) is 0 Å². The van der Waals surface area contributed by atoms with Gasteiger partial charge in [-0.25, -0.2) is 0 Å². The first-order valence-electron chi connectivity index (χ1n) is 6.73. The molecular formula is C15H21ClN2O2. The molecule has 1 saturated carbocycles. The molecule has 0 aliphatic heterocycles. The van der Waals surface area contributed by atoms with E-state index in [2.05, 4.69) is 5.32 Å². The highest BCUT2D eigenvalue weighted by atomic mass is 35.5. The van der Waals surface area contributed by atoms with Crippen molar-refractivity contribution in [1.29, 1.82) is 0 Å². The summed E-state index contributed by atoms with van der Waals surface area (Å²) in [5, 5.41) is 2.88. The summed E-state index contributed by atoms with van der Waals surface area (Å²) in [4.78, 5) is 23.4. The molecule has 3 N–H and O–H groups in total. The molecule has 2 unspecified atom stereocenters. The second-order valence-corrected chi connectivity index (χ2v) is 5.25. The van der Waals surface area contributed by atoms with E-state index in [4.69, 9.17) is 5.73 Å². The second-order valence-electron chi connectivity index (χ2n) is 5.25. The van der Waals surface area contributed by atoms with E-state index < -0.39 is 0 Å². The van der Waals surface area contributed by atoms with Crippen molar-refractivity contribution in [2.45, 2.75) is 38.6 Å². The number of hydrogen-bond donors (Lipinski definition) is 2. The van der Waals surface area contributed by atoms with Gasteiger partial charge in [0.05, 0.1) is 0 Å². The monoisotopic (exact) mass is 296 g/mol. The molecule has 1 aliphatic carbocycles. The molecule has 110 valence electrons. The number of rotatable bonds is 3. The first-order chi connectivity index (χ1) is 9.06. The quantitative estimate of drug-likeness (QED) is 0.843. The fourth-order valence-electron chi connectivity index (χ4n) is 2.53. The molecule has 5 heteroatoms. The minimum Gasteiger partial charge on any atom is -0.328 e. The highest BCUT2D eigenvalue weighted by Gasteiger charge is 2.25. The van der Waals surface area contributed by atoms with Crippen LogP contribution in [0.15, 0.2) is 24.3 Å². The van der Waals surface area contributed by atoms with E-state index >= 15 is 0 Å². The van der Waals surface area contributed by atoms with Crippen molar-refractivity contribution in [2.24, 2.45) is 11.7 Å². The number of benzene rings is 1. The third kappa shape index (κ3) is 4.32. The largest absolute Gasteiger partial charge is 0.328 e. The summed E-state index contributed by atoms with van der Waals surface area (Å²) >= 11 is 0. The van der Waals surface area contributed by atoms with E-state index in [1.54, 1.807) is 24.3 Å². The van der Waals surface area contributed by atoms with Crippen LogP contribution >= 0.6 is 12.4 Å². The average molecular weight is 297 g/mol. The summed E-state index contributed by atoms with van der Waals surface area (Å²) in [5.41, 5.74) is 7.18. The van der Waals surface area contributed by atoms with Gasteiger partial charge in [0.25, 0.3) is 0 Å². The van der Waals surface area contributed by atoms with Crippen LogP contribution < -0.4 is 11.1 Å². The number of amides is 1. The average Bonchev–Trinajstić information content (AvgIpc) is 2.39. The molecule has 0 saturated heterocycles. The summed E-state index contributed by atoms with van der Waals surface area (Å²) in [6, 6.07) is 7.16. The van der Waals surface area contributed by atoms with Crippen molar-refractivity contribution in [1.82, 2.24) is 0 Å². The smallest absolute Gasteiger partial charge is 0.227 e. The highest BCUT2D eigenvalue weighted by Crippen LogP contribution is 2.24. The highest BCUT2D eigenvalue weighted by molar-refractivity contribution is 5.97. The first kappa shape index (κ1) is 16.7. The van der Waals surface area contributed by atoms with Gasteiger partial charge in [-0.15, -0.1) is 12.4 Å². The zero-order valence-corrected chi connectivity index (χ0v) is 12.4. The summed E-state index contributed by atoms with van der Waals surface area (Å²) in [7, 11) is 0. The number of anilines is 1. The zero-order chi connectivity index (χ0) is 13.8. The molecule has 4 nitrogen and oxygen atoms in total. The van der Waals surface area contributed by atoms with Crippen molar-refractivity contribution < 1.29 is 9.59 Å². The summed E-state index contributed by atoms with van der Waals surface area (Å²) in [6.07, 6.45) is 3.65. The number of nitrogens with one attached hydrogen (secondary N) is 1. The van der Waals surface area contributed by atoms with Gasteiger partial charge in [0.15, 0.2) is 5.78 Å². The minimum absolute atomic E-state index is 0. The molecule has 1 aromatic rings. The molecule has 0 bridgehead atoms. The Morgan fingerprint density at radius 1 is 1.30 bits per heavy atom. The third-order valence-electron chi connectivity index (χ3n) is 3.62. The topological polar surface area (TPSA) is 72.2 Å². The van der Waals surface area contributed by atoms with Gasteiger partial charge >= 0.3 is 0 Å². The van der Waals surface area contributed by atoms with E-state index in [1.807, 2.05) is 0 Å². The van der Waals surface area contributed by atoms with Gasteiger partial charge in [-0.05, 0) is 38.3 Å². The molecule has 2 rings (SSSR count). The molecule has 20 heavy (non-hydrogen) atoms. The van der Waals surface area contributed by atoms with Crippen LogP contribution in [0.3, 0.4) is 0 Å². The standard InChI is InChI=1S/C15H20N2O2.ClH/c1-10(18)11-4-3-7-14(9-11)17-15(19)12-5-2-6-13(16)8-12;/h3-4,7,9,12-13H,2,5-6,8,16H2,1H3,(H,17,19);1H. The fraction of sp³-hybridized carbons (Fsp3) is 0.467. The lowest BCUT2D eigenvalue weighted by Gasteiger charge is -2.25. The van der Waals surface area contributed by atoms with Crippen LogP contribution in [-0.2, 0) is 4.79 Å². The van der Waals surface area contributed by atoms with E-state index in [1.165, 1.54) is 6.92 Å². The van der Waals surface area contributed by atoms with E-state index in [9.17, 15) is 9.59 Å². The van der Waals surface area contributed by atoms with E-state index in [0.717, 1.165) is 25.7 Å². The Labute approximate surface area is 125 Å². The van der Waals surface area contributed by atoms with Gasteiger partial charge in [0, 0.05) is 23.2 Å². The van der Waals surface area contributed by atoms with Gasteiger partial charge in [-0.1, -0.05) is 18.6 Å². The molecule has 0 spiro atoms. The van der Waals surface area contributed by atoms with Gasteiger partial charge in [0.1, 0.15) is 0 Å². The summed E-state index contributed by atoms with van der Waals surface area (Å²) in [5.74, 6) is -0.00336. The number of Topliss-reactive ketones (excluding diaryl/α,β-unsaturated/α-hetero) is 1. The number of halogens is 1. The molecule has 1 aromatic carbocycles. The van der Waals surface area contributed by atoms with Gasteiger partial charge in [0.2, 0.25) is 5.91 Å². The molecule has 1 amide bonds. The van der Waals surface area contributed by atoms with Crippen LogP contribution in [0.2, 0.25) is 0 Å². The molecule has 0 radical (unpaired) electrons. The lowest BCUT2D eigenvalue weighted by atomic mass is 9.85. The number of carbonyl (C=O) groups is 2. The number of carbonyl (C=O) groups excluding carboxylic acids is 2. The minimum atomic E-state index is -0.00951. The maximum Gasteiger partial charge on any atom is 0.227 e. The van der Waals surface area contributed by atoms with Crippen molar-refractivity contribution in [3.8, 4) is 0 Å². The third-order valence-corrected chi connectivity index (χ3v) is 3.62. The number of nitrogens with two attached hydrogens (primary N) is 1. The van der Waals surface area contributed by atoms with Crippen molar-refractivity contribution >= 4 is 29.8 Å². The lowest BCUT2D eigenvalue weighted by Crippen LogP contribution is -2.34.